The number of benzene rings is 1. The van der Waals surface area contributed by atoms with E-state index in [0.29, 0.717) is 6.54 Å². The van der Waals surface area contributed by atoms with Crippen LogP contribution in [0.1, 0.15) is 36.5 Å². The molecule has 0 bridgehead atoms. The zero-order valence-electron chi connectivity index (χ0n) is 14.8. The van der Waals surface area contributed by atoms with E-state index in [1.807, 2.05) is 50.2 Å². The summed E-state index contributed by atoms with van der Waals surface area (Å²) in [5, 5.41) is 16.1. The van der Waals surface area contributed by atoms with Gasteiger partial charge in [-0.05, 0) is 33.5 Å². The Labute approximate surface area is 142 Å². The molecule has 2 heterocycles. The Bertz CT molecular complexity index is 832. The van der Waals surface area contributed by atoms with E-state index in [1.165, 1.54) is 0 Å². The smallest absolute Gasteiger partial charge is 0.143 e. The lowest BCUT2D eigenvalue weighted by Gasteiger charge is -2.17. The Morgan fingerprint density at radius 2 is 2.04 bits per heavy atom. The predicted molar refractivity (Wildman–Crippen MR) is 96.0 cm³/mol. The normalized spacial score (nSPS) is 13.1. The van der Waals surface area contributed by atoms with Gasteiger partial charge in [-0.2, -0.15) is 0 Å². The third kappa shape index (κ3) is 2.97. The number of nitrogens with one attached hydrogen (secondary N) is 1. The summed E-state index contributed by atoms with van der Waals surface area (Å²) in [6.07, 6.45) is 1.26. The van der Waals surface area contributed by atoms with Crippen LogP contribution in [0, 0.1) is 6.92 Å². The number of H-pyrrole nitrogens is 1. The Morgan fingerprint density at radius 3 is 2.75 bits per heavy atom. The van der Waals surface area contributed by atoms with Crippen molar-refractivity contribution in [1.29, 1.82) is 0 Å². The highest BCUT2D eigenvalue weighted by Gasteiger charge is 2.25. The van der Waals surface area contributed by atoms with Crippen LogP contribution >= 0.6 is 0 Å². The number of para-hydroxylation sites is 1. The monoisotopic (exact) mass is 327 g/mol. The molecule has 5 nitrogen and oxygen atoms in total. The number of rotatable bonds is 6. The minimum Gasteiger partial charge on any atom is -0.387 e. The maximum atomic E-state index is 10.9. The molecule has 0 spiro atoms. The van der Waals surface area contributed by atoms with Crippen molar-refractivity contribution in [2.45, 2.75) is 32.8 Å². The molecule has 0 amide bonds. The molecular weight excluding hydrogens is 302 g/mol. The number of likely N-dealkylation sites (N-methyl/N-ethyl adjacent to an activating group) is 1. The molecule has 0 saturated heterocycles. The zero-order valence-corrected chi connectivity index (χ0v) is 14.8. The molecule has 2 N–H and O–H groups in total. The molecule has 1 aromatic carbocycles. The van der Waals surface area contributed by atoms with Crippen molar-refractivity contribution in [2.75, 3.05) is 20.6 Å². The van der Waals surface area contributed by atoms with Crippen molar-refractivity contribution in [3.8, 4) is 11.3 Å². The average Bonchev–Trinajstić information content (AvgIpc) is 3.07. The fourth-order valence-electron chi connectivity index (χ4n) is 3.29. The van der Waals surface area contributed by atoms with Gasteiger partial charge in [-0.15, -0.1) is 0 Å². The summed E-state index contributed by atoms with van der Waals surface area (Å²) in [7, 11) is 3.93. The van der Waals surface area contributed by atoms with Gasteiger partial charge in [0.1, 0.15) is 5.76 Å². The molecule has 0 fully saturated rings. The second kappa shape index (κ2) is 6.79. The lowest BCUT2D eigenvalue weighted by molar-refractivity contribution is 0.140. The van der Waals surface area contributed by atoms with Crippen molar-refractivity contribution < 1.29 is 9.63 Å². The van der Waals surface area contributed by atoms with E-state index >= 15 is 0 Å². The van der Waals surface area contributed by atoms with E-state index < -0.39 is 6.10 Å². The van der Waals surface area contributed by atoms with Gasteiger partial charge < -0.3 is 19.5 Å². The zero-order chi connectivity index (χ0) is 17.3. The molecule has 3 rings (SSSR count). The van der Waals surface area contributed by atoms with Crippen LogP contribution in [-0.2, 0) is 6.42 Å². The molecule has 1 atom stereocenters. The topological polar surface area (TPSA) is 65.3 Å². The summed E-state index contributed by atoms with van der Waals surface area (Å²) in [4.78, 5) is 5.47. The maximum absolute atomic E-state index is 10.9. The van der Waals surface area contributed by atoms with Crippen molar-refractivity contribution in [2.24, 2.45) is 0 Å². The number of aromatic nitrogens is 2. The number of aliphatic hydroxyl groups is 1. The number of aliphatic hydroxyl groups excluding tert-OH is 1. The highest BCUT2D eigenvalue weighted by Crippen LogP contribution is 2.38. The van der Waals surface area contributed by atoms with E-state index in [1.54, 1.807) is 0 Å². The van der Waals surface area contributed by atoms with Gasteiger partial charge in [-0.25, -0.2) is 0 Å². The molecule has 24 heavy (non-hydrogen) atoms. The van der Waals surface area contributed by atoms with E-state index in [9.17, 15) is 5.11 Å². The quantitative estimate of drug-likeness (QED) is 0.725. The first-order chi connectivity index (χ1) is 11.5. The number of fused-ring (bicyclic) bond motifs is 1. The van der Waals surface area contributed by atoms with Gasteiger partial charge in [0.15, 0.2) is 0 Å². The lowest BCUT2D eigenvalue weighted by atomic mass is 9.98. The van der Waals surface area contributed by atoms with E-state index in [4.69, 9.17) is 4.52 Å². The van der Waals surface area contributed by atoms with Crippen LogP contribution in [0.3, 0.4) is 0 Å². The van der Waals surface area contributed by atoms with Crippen LogP contribution in [0.15, 0.2) is 28.8 Å². The van der Waals surface area contributed by atoms with Crippen LogP contribution in [0.2, 0.25) is 0 Å². The van der Waals surface area contributed by atoms with Crippen LogP contribution in [-0.4, -0.2) is 40.8 Å². The largest absolute Gasteiger partial charge is 0.387 e. The molecule has 2 aromatic heterocycles. The summed E-state index contributed by atoms with van der Waals surface area (Å²) in [6.45, 7) is 4.61. The molecule has 128 valence electrons. The Kier molecular flexibility index (Phi) is 4.73. The Morgan fingerprint density at radius 1 is 1.29 bits per heavy atom. The highest BCUT2D eigenvalue weighted by atomic mass is 16.5. The van der Waals surface area contributed by atoms with E-state index in [2.05, 4.69) is 17.1 Å². The standard InChI is InChI=1S/C19H25N3O2/c1-5-8-15-17(12(2)24-21-15)19-18(16(23)11-22(3)4)13-9-6-7-10-14(13)20-19/h6-7,9-10,16,20,23H,5,8,11H2,1-4H3. The summed E-state index contributed by atoms with van der Waals surface area (Å²) in [6, 6.07) is 8.08. The molecular formula is C19H25N3O2. The van der Waals surface area contributed by atoms with Gasteiger partial charge in [0.25, 0.3) is 0 Å². The van der Waals surface area contributed by atoms with Gasteiger partial charge in [0.05, 0.1) is 23.1 Å². The van der Waals surface area contributed by atoms with Crippen molar-refractivity contribution in [3.05, 3.63) is 41.3 Å². The Hall–Kier alpha value is -2.11. The van der Waals surface area contributed by atoms with Gasteiger partial charge in [0, 0.05) is 23.0 Å². The lowest BCUT2D eigenvalue weighted by Crippen LogP contribution is -2.20. The number of hydrogen-bond acceptors (Lipinski definition) is 4. The first kappa shape index (κ1) is 16.7. The molecule has 0 saturated carbocycles. The Balaban J connectivity index is 2.22. The second-order valence-electron chi connectivity index (χ2n) is 6.55. The summed E-state index contributed by atoms with van der Waals surface area (Å²) >= 11 is 0. The summed E-state index contributed by atoms with van der Waals surface area (Å²) in [5.41, 5.74) is 4.79. The molecule has 0 aliphatic carbocycles. The van der Waals surface area contributed by atoms with Gasteiger partial charge in [-0.3, -0.25) is 0 Å². The SMILES string of the molecule is CCCc1noc(C)c1-c1[nH]c2ccccc2c1C(O)CN(C)C. The van der Waals surface area contributed by atoms with Crippen molar-refractivity contribution >= 4 is 10.9 Å². The third-order valence-corrected chi connectivity index (χ3v) is 4.29. The molecule has 0 aliphatic rings. The average molecular weight is 327 g/mol. The molecule has 0 radical (unpaired) electrons. The first-order valence-corrected chi connectivity index (χ1v) is 8.41. The minimum atomic E-state index is -0.588. The molecule has 0 aliphatic heterocycles. The molecule has 3 aromatic rings. The van der Waals surface area contributed by atoms with Crippen LogP contribution in [0.4, 0.5) is 0 Å². The van der Waals surface area contributed by atoms with Crippen LogP contribution < -0.4 is 0 Å². The van der Waals surface area contributed by atoms with Crippen molar-refractivity contribution in [1.82, 2.24) is 15.0 Å². The highest BCUT2D eigenvalue weighted by molar-refractivity contribution is 5.92. The summed E-state index contributed by atoms with van der Waals surface area (Å²) in [5.74, 6) is 0.781. The number of hydrogen-bond donors (Lipinski definition) is 2. The summed E-state index contributed by atoms with van der Waals surface area (Å²) < 4.78 is 5.45. The van der Waals surface area contributed by atoms with Crippen LogP contribution in [0.25, 0.3) is 22.2 Å². The van der Waals surface area contributed by atoms with Crippen LogP contribution in [0.5, 0.6) is 0 Å². The molecule has 5 heteroatoms. The number of aryl methyl sites for hydroxylation is 2. The van der Waals surface area contributed by atoms with Gasteiger partial charge >= 0.3 is 0 Å². The van der Waals surface area contributed by atoms with Crippen molar-refractivity contribution in [3.63, 3.8) is 0 Å². The van der Waals surface area contributed by atoms with Gasteiger partial charge in [-0.1, -0.05) is 36.7 Å². The van der Waals surface area contributed by atoms with E-state index in [0.717, 1.165) is 52.0 Å². The maximum Gasteiger partial charge on any atom is 0.143 e. The number of nitrogens with zero attached hydrogens (tertiary/aromatic N) is 2. The minimum absolute atomic E-state index is 0.558. The second-order valence-corrected chi connectivity index (χ2v) is 6.55. The first-order valence-electron chi connectivity index (χ1n) is 8.41. The predicted octanol–water partition coefficient (Wildman–Crippen LogP) is 3.68. The number of aromatic amines is 1. The van der Waals surface area contributed by atoms with E-state index in [-0.39, 0.29) is 0 Å². The molecule has 1 unspecified atom stereocenters. The van der Waals surface area contributed by atoms with Gasteiger partial charge in [0.2, 0.25) is 0 Å². The fraction of sp³-hybridized carbons (Fsp3) is 0.421. The fourth-order valence-corrected chi connectivity index (χ4v) is 3.29. The third-order valence-electron chi connectivity index (χ3n) is 4.29.